The minimum atomic E-state index is -0.984. The second-order valence-electron chi connectivity index (χ2n) is 3.68. The van der Waals surface area contributed by atoms with E-state index in [0.29, 0.717) is 16.7 Å². The lowest BCUT2D eigenvalue weighted by atomic mass is 10.2. The molecule has 5 heteroatoms. The van der Waals surface area contributed by atoms with E-state index in [9.17, 15) is 9.59 Å². The van der Waals surface area contributed by atoms with Gasteiger partial charge in [0.15, 0.2) is 0 Å². The molecule has 1 aromatic carbocycles. The predicted octanol–water partition coefficient (Wildman–Crippen LogP) is 1.68. The lowest BCUT2D eigenvalue weighted by molar-refractivity contribution is -0.137. The van der Waals surface area contributed by atoms with Crippen LogP contribution in [0.2, 0.25) is 0 Å². The van der Waals surface area contributed by atoms with Crippen LogP contribution in [0.1, 0.15) is 6.92 Å². The first-order valence-corrected chi connectivity index (χ1v) is 5.10. The zero-order valence-corrected chi connectivity index (χ0v) is 9.14. The number of hydrogen-bond acceptors (Lipinski definition) is 4. The molecule has 88 valence electrons. The molecule has 0 aliphatic heterocycles. The van der Waals surface area contributed by atoms with E-state index in [4.69, 9.17) is 9.52 Å². The molecule has 1 heterocycles. The van der Waals surface area contributed by atoms with Crippen LogP contribution in [0, 0.1) is 0 Å². The van der Waals surface area contributed by atoms with Gasteiger partial charge in [-0.15, -0.1) is 0 Å². The van der Waals surface area contributed by atoms with Crippen molar-refractivity contribution in [3.8, 4) is 0 Å². The van der Waals surface area contributed by atoms with Crippen LogP contribution in [0.5, 0.6) is 0 Å². The molecule has 0 fully saturated rings. The summed E-state index contributed by atoms with van der Waals surface area (Å²) < 4.78 is 5.00. The van der Waals surface area contributed by atoms with Crippen molar-refractivity contribution in [2.75, 3.05) is 5.32 Å². The number of carboxylic acids is 1. The fraction of sp³-hybridized carbons (Fsp3) is 0.167. The summed E-state index contributed by atoms with van der Waals surface area (Å²) in [6.45, 7) is 1.51. The first-order valence-electron chi connectivity index (χ1n) is 5.10. The standard InChI is InChI=1S/C12H11NO4/c1-7(12(15)16)13-9-6-11(14)17-10-5-3-2-4-8(9)10/h2-7,13H,1H3,(H,15,16)/t7-/m0/s1. The normalized spacial score (nSPS) is 12.3. The molecule has 0 aliphatic carbocycles. The van der Waals surface area contributed by atoms with Crippen LogP contribution in [0.3, 0.4) is 0 Å². The molecule has 5 nitrogen and oxygen atoms in total. The topological polar surface area (TPSA) is 79.5 Å². The lowest BCUT2D eigenvalue weighted by Crippen LogP contribution is -2.25. The van der Waals surface area contributed by atoms with Crippen LogP contribution in [0.25, 0.3) is 11.0 Å². The minimum absolute atomic E-state index is 0.431. The monoisotopic (exact) mass is 233 g/mol. The fourth-order valence-electron chi connectivity index (χ4n) is 1.53. The van der Waals surface area contributed by atoms with Gasteiger partial charge in [0.1, 0.15) is 11.6 Å². The minimum Gasteiger partial charge on any atom is -0.480 e. The van der Waals surface area contributed by atoms with Gasteiger partial charge in [0, 0.05) is 11.5 Å². The van der Waals surface area contributed by atoms with Gasteiger partial charge in [-0.05, 0) is 19.1 Å². The van der Waals surface area contributed by atoms with Crippen LogP contribution in [0.15, 0.2) is 39.5 Å². The van der Waals surface area contributed by atoms with Crippen molar-refractivity contribution in [1.82, 2.24) is 0 Å². The molecule has 0 radical (unpaired) electrons. The van der Waals surface area contributed by atoms with Gasteiger partial charge in [-0.25, -0.2) is 4.79 Å². The quantitative estimate of drug-likeness (QED) is 0.788. The van der Waals surface area contributed by atoms with E-state index in [2.05, 4.69) is 5.32 Å². The summed E-state index contributed by atoms with van der Waals surface area (Å²) in [6.07, 6.45) is 0. The Morgan fingerprint density at radius 3 is 2.82 bits per heavy atom. The van der Waals surface area contributed by atoms with Gasteiger partial charge < -0.3 is 14.8 Å². The molecule has 0 aliphatic rings. The van der Waals surface area contributed by atoms with Crippen molar-refractivity contribution < 1.29 is 14.3 Å². The van der Waals surface area contributed by atoms with E-state index in [1.54, 1.807) is 24.3 Å². The Bertz CT molecular complexity index is 617. The molecule has 0 bridgehead atoms. The maximum atomic E-state index is 11.3. The van der Waals surface area contributed by atoms with Crippen LogP contribution in [-0.2, 0) is 4.79 Å². The summed E-state index contributed by atoms with van der Waals surface area (Å²) in [7, 11) is 0. The zero-order chi connectivity index (χ0) is 12.4. The number of rotatable bonds is 3. The first-order chi connectivity index (χ1) is 8.08. The summed E-state index contributed by atoms with van der Waals surface area (Å²) in [4.78, 5) is 22.1. The number of para-hydroxylation sites is 1. The molecule has 17 heavy (non-hydrogen) atoms. The Morgan fingerprint density at radius 2 is 2.12 bits per heavy atom. The molecule has 0 saturated heterocycles. The summed E-state index contributed by atoms with van der Waals surface area (Å²) in [6, 6.07) is 7.43. The second-order valence-corrected chi connectivity index (χ2v) is 3.68. The highest BCUT2D eigenvalue weighted by molar-refractivity contribution is 5.91. The van der Waals surface area contributed by atoms with Crippen LogP contribution < -0.4 is 10.9 Å². The Kier molecular flexibility index (Phi) is 2.82. The van der Waals surface area contributed by atoms with Crippen molar-refractivity contribution >= 4 is 22.6 Å². The Morgan fingerprint density at radius 1 is 1.41 bits per heavy atom. The summed E-state index contributed by atoms with van der Waals surface area (Å²) in [5, 5.41) is 12.3. The largest absolute Gasteiger partial charge is 0.480 e. The number of carbonyl (C=O) groups is 1. The van der Waals surface area contributed by atoms with Gasteiger partial charge in [0.25, 0.3) is 0 Å². The highest BCUT2D eigenvalue weighted by atomic mass is 16.4. The van der Waals surface area contributed by atoms with Crippen molar-refractivity contribution in [3.05, 3.63) is 40.8 Å². The molecular formula is C12H11NO4. The maximum absolute atomic E-state index is 11.3. The number of anilines is 1. The number of fused-ring (bicyclic) bond motifs is 1. The van der Waals surface area contributed by atoms with Gasteiger partial charge in [0.05, 0.1) is 5.69 Å². The van der Waals surface area contributed by atoms with E-state index in [1.165, 1.54) is 13.0 Å². The molecule has 0 amide bonds. The molecular weight excluding hydrogens is 222 g/mol. The Labute approximate surface area is 96.7 Å². The number of hydrogen-bond donors (Lipinski definition) is 2. The molecule has 0 unspecified atom stereocenters. The van der Waals surface area contributed by atoms with Crippen LogP contribution in [-0.4, -0.2) is 17.1 Å². The smallest absolute Gasteiger partial charge is 0.338 e. The zero-order valence-electron chi connectivity index (χ0n) is 9.14. The molecule has 0 saturated carbocycles. The Balaban J connectivity index is 2.52. The highest BCUT2D eigenvalue weighted by Crippen LogP contribution is 2.21. The number of carboxylic acid groups (broad SMARTS) is 1. The van der Waals surface area contributed by atoms with E-state index < -0.39 is 17.6 Å². The maximum Gasteiger partial charge on any atom is 0.338 e. The van der Waals surface area contributed by atoms with Crippen LogP contribution in [0.4, 0.5) is 5.69 Å². The van der Waals surface area contributed by atoms with Crippen molar-refractivity contribution in [1.29, 1.82) is 0 Å². The summed E-state index contributed by atoms with van der Waals surface area (Å²) >= 11 is 0. The van der Waals surface area contributed by atoms with E-state index in [0.717, 1.165) is 0 Å². The molecule has 0 spiro atoms. The van der Waals surface area contributed by atoms with Crippen LogP contribution >= 0.6 is 0 Å². The van der Waals surface area contributed by atoms with Gasteiger partial charge >= 0.3 is 11.6 Å². The Hall–Kier alpha value is -2.30. The first kappa shape index (κ1) is 11.2. The van der Waals surface area contributed by atoms with Crippen molar-refractivity contribution in [2.45, 2.75) is 13.0 Å². The lowest BCUT2D eigenvalue weighted by Gasteiger charge is -2.11. The molecule has 1 aromatic heterocycles. The molecule has 2 aromatic rings. The van der Waals surface area contributed by atoms with Gasteiger partial charge in [-0.3, -0.25) is 4.79 Å². The van der Waals surface area contributed by atoms with Gasteiger partial charge in [-0.2, -0.15) is 0 Å². The van der Waals surface area contributed by atoms with E-state index in [1.807, 2.05) is 0 Å². The number of aliphatic carboxylic acids is 1. The van der Waals surface area contributed by atoms with Crippen molar-refractivity contribution in [3.63, 3.8) is 0 Å². The van der Waals surface area contributed by atoms with Gasteiger partial charge in [-0.1, -0.05) is 12.1 Å². The molecule has 2 rings (SSSR count). The SMILES string of the molecule is C[C@H](Nc1cc(=O)oc2ccccc12)C(=O)O. The summed E-state index contributed by atoms with van der Waals surface area (Å²) in [5.41, 5.74) is 0.385. The molecule has 1 atom stereocenters. The molecule has 2 N–H and O–H groups in total. The third-order valence-corrected chi connectivity index (χ3v) is 2.39. The third-order valence-electron chi connectivity index (χ3n) is 2.39. The third kappa shape index (κ3) is 2.28. The average Bonchev–Trinajstić information content (AvgIpc) is 2.28. The highest BCUT2D eigenvalue weighted by Gasteiger charge is 2.13. The average molecular weight is 233 g/mol. The van der Waals surface area contributed by atoms with Gasteiger partial charge in [0.2, 0.25) is 0 Å². The summed E-state index contributed by atoms with van der Waals surface area (Å²) in [5.74, 6) is -0.984. The fourth-order valence-corrected chi connectivity index (χ4v) is 1.53. The van der Waals surface area contributed by atoms with E-state index in [-0.39, 0.29) is 0 Å². The van der Waals surface area contributed by atoms with E-state index >= 15 is 0 Å². The second kappa shape index (κ2) is 4.29. The number of benzene rings is 1. The predicted molar refractivity (Wildman–Crippen MR) is 63.2 cm³/mol. The van der Waals surface area contributed by atoms with Crippen molar-refractivity contribution in [2.24, 2.45) is 0 Å². The number of nitrogens with one attached hydrogen (secondary N) is 1.